The lowest BCUT2D eigenvalue weighted by atomic mass is 10.2. The van der Waals surface area contributed by atoms with Gasteiger partial charge in [-0.15, -0.1) is 0 Å². The van der Waals surface area contributed by atoms with E-state index in [2.05, 4.69) is 6.58 Å². The van der Waals surface area contributed by atoms with Gasteiger partial charge in [0, 0.05) is 11.6 Å². The number of hydrogen-bond donors (Lipinski definition) is 1. The maximum Gasteiger partial charge on any atom is 0.330 e. The van der Waals surface area contributed by atoms with E-state index in [0.29, 0.717) is 18.4 Å². The van der Waals surface area contributed by atoms with E-state index in [1.165, 1.54) is 6.92 Å². The zero-order chi connectivity index (χ0) is 11.0. The minimum absolute atomic E-state index is 0.286. The van der Waals surface area contributed by atoms with Gasteiger partial charge in [-0.3, -0.25) is 0 Å². The van der Waals surface area contributed by atoms with Crippen LogP contribution >= 0.6 is 0 Å². The highest BCUT2D eigenvalue weighted by molar-refractivity contribution is 5.85. The Balaban J connectivity index is 3.56. The molecule has 4 nitrogen and oxygen atoms in total. The number of carbonyl (C=O) groups is 2. The van der Waals surface area contributed by atoms with Crippen LogP contribution < -0.4 is 0 Å². The van der Waals surface area contributed by atoms with Crippen molar-refractivity contribution in [1.29, 1.82) is 0 Å². The zero-order valence-electron chi connectivity index (χ0n) is 8.16. The highest BCUT2D eigenvalue weighted by Crippen LogP contribution is 1.99. The predicted molar refractivity (Wildman–Crippen MR) is 51.8 cm³/mol. The molecule has 0 saturated heterocycles. The van der Waals surface area contributed by atoms with Crippen LogP contribution in [0.4, 0.5) is 0 Å². The number of carboxylic acid groups (broad SMARTS) is 1. The summed E-state index contributed by atoms with van der Waals surface area (Å²) in [6.45, 7) is 5.06. The van der Waals surface area contributed by atoms with Gasteiger partial charge in [0.1, 0.15) is 0 Å². The lowest BCUT2D eigenvalue weighted by molar-refractivity contribution is -0.138. The van der Waals surface area contributed by atoms with Crippen LogP contribution in [0.5, 0.6) is 0 Å². The molecule has 0 aromatic carbocycles. The third-order valence-corrected chi connectivity index (χ3v) is 1.55. The Labute approximate surface area is 82.9 Å². The molecule has 4 heteroatoms. The zero-order valence-corrected chi connectivity index (χ0v) is 8.16. The van der Waals surface area contributed by atoms with Crippen molar-refractivity contribution in [2.24, 2.45) is 0 Å². The van der Waals surface area contributed by atoms with E-state index in [1.54, 1.807) is 6.08 Å². The van der Waals surface area contributed by atoms with Gasteiger partial charge in [-0.05, 0) is 19.8 Å². The molecule has 0 amide bonds. The van der Waals surface area contributed by atoms with Crippen molar-refractivity contribution in [2.75, 3.05) is 6.61 Å². The van der Waals surface area contributed by atoms with Gasteiger partial charge in [-0.1, -0.05) is 12.7 Å². The van der Waals surface area contributed by atoms with Crippen LogP contribution in [0.15, 0.2) is 24.3 Å². The molecule has 14 heavy (non-hydrogen) atoms. The summed E-state index contributed by atoms with van der Waals surface area (Å²) in [5, 5.41) is 8.50. The molecule has 0 rings (SSSR count). The van der Waals surface area contributed by atoms with Crippen molar-refractivity contribution in [1.82, 2.24) is 0 Å². The Hall–Kier alpha value is -1.58. The topological polar surface area (TPSA) is 63.6 Å². The lowest BCUT2D eigenvalue weighted by Crippen LogP contribution is -2.01. The lowest BCUT2D eigenvalue weighted by Gasteiger charge is -1.99. The number of carbonyl (C=O) groups excluding carboxylic acids is 1. The van der Waals surface area contributed by atoms with Crippen LogP contribution in [0.1, 0.15) is 19.8 Å². The van der Waals surface area contributed by atoms with E-state index in [0.717, 1.165) is 6.08 Å². The molecule has 0 bridgehead atoms. The molecule has 0 saturated carbocycles. The second-order valence-electron chi connectivity index (χ2n) is 2.71. The van der Waals surface area contributed by atoms with Crippen molar-refractivity contribution in [3.63, 3.8) is 0 Å². The minimum atomic E-state index is -0.923. The molecule has 0 atom stereocenters. The maximum atomic E-state index is 10.6. The highest BCUT2D eigenvalue weighted by Gasteiger charge is 1.98. The molecule has 1 N–H and O–H groups in total. The molecule has 0 aliphatic carbocycles. The molecule has 0 radical (unpaired) electrons. The number of ether oxygens (including phenoxy) is 1. The van der Waals surface area contributed by atoms with Gasteiger partial charge in [0.25, 0.3) is 0 Å². The molecule has 0 fully saturated rings. The van der Waals surface area contributed by atoms with Gasteiger partial charge in [-0.2, -0.15) is 0 Å². The quantitative estimate of drug-likeness (QED) is 0.399. The number of rotatable bonds is 6. The third-order valence-electron chi connectivity index (χ3n) is 1.55. The number of allylic oxidation sites excluding steroid dienone is 1. The van der Waals surface area contributed by atoms with Gasteiger partial charge >= 0.3 is 11.9 Å². The van der Waals surface area contributed by atoms with Crippen molar-refractivity contribution in [3.05, 3.63) is 24.3 Å². The smallest absolute Gasteiger partial charge is 0.330 e. The maximum absolute atomic E-state index is 10.6. The summed E-state index contributed by atoms with van der Waals surface area (Å²) in [5.41, 5.74) is 0.306. The molecule has 0 aromatic heterocycles. The average Bonchev–Trinajstić information content (AvgIpc) is 2.16. The van der Waals surface area contributed by atoms with Crippen LogP contribution in [0.2, 0.25) is 0 Å². The molecule has 78 valence electrons. The van der Waals surface area contributed by atoms with Crippen molar-refractivity contribution in [3.8, 4) is 0 Å². The van der Waals surface area contributed by atoms with Crippen LogP contribution in [0.25, 0.3) is 0 Å². The first-order valence-electron chi connectivity index (χ1n) is 4.27. The number of aliphatic carboxylic acids is 1. The van der Waals surface area contributed by atoms with Gasteiger partial charge in [0.05, 0.1) is 6.61 Å². The molecule has 0 aliphatic rings. The monoisotopic (exact) mass is 198 g/mol. The minimum Gasteiger partial charge on any atom is -0.478 e. The van der Waals surface area contributed by atoms with Gasteiger partial charge in [0.2, 0.25) is 0 Å². The van der Waals surface area contributed by atoms with Gasteiger partial charge < -0.3 is 9.84 Å². The molecule has 0 aliphatic heterocycles. The van der Waals surface area contributed by atoms with Crippen LogP contribution in [-0.4, -0.2) is 23.7 Å². The Kier molecular flexibility index (Phi) is 6.11. The Morgan fingerprint density at radius 3 is 2.64 bits per heavy atom. The molecule has 0 unspecified atom stereocenters. The number of unbranched alkanes of at least 4 members (excludes halogenated alkanes) is 1. The number of esters is 1. The first kappa shape index (κ1) is 12.4. The Bertz CT molecular complexity index is 253. The SMILES string of the molecule is C=CC(=O)OCCCC=C(C)C(=O)O. The van der Waals surface area contributed by atoms with Crippen LogP contribution in [-0.2, 0) is 14.3 Å². The van der Waals surface area contributed by atoms with E-state index in [4.69, 9.17) is 9.84 Å². The average molecular weight is 198 g/mol. The predicted octanol–water partition coefficient (Wildman–Crippen LogP) is 1.53. The summed E-state index contributed by atoms with van der Waals surface area (Å²) in [7, 11) is 0. The van der Waals surface area contributed by atoms with Crippen molar-refractivity contribution in [2.45, 2.75) is 19.8 Å². The summed E-state index contributed by atoms with van der Waals surface area (Å²) >= 11 is 0. The van der Waals surface area contributed by atoms with Crippen LogP contribution in [0, 0.1) is 0 Å². The fraction of sp³-hybridized carbons (Fsp3) is 0.400. The second-order valence-corrected chi connectivity index (χ2v) is 2.71. The number of hydrogen-bond acceptors (Lipinski definition) is 3. The fourth-order valence-electron chi connectivity index (χ4n) is 0.721. The van der Waals surface area contributed by atoms with Gasteiger partial charge in [0.15, 0.2) is 0 Å². The van der Waals surface area contributed by atoms with Crippen LogP contribution in [0.3, 0.4) is 0 Å². The molecule has 0 aromatic rings. The highest BCUT2D eigenvalue weighted by atomic mass is 16.5. The van der Waals surface area contributed by atoms with E-state index < -0.39 is 11.9 Å². The molecule has 0 spiro atoms. The van der Waals surface area contributed by atoms with Gasteiger partial charge in [-0.25, -0.2) is 9.59 Å². The van der Waals surface area contributed by atoms with E-state index in [9.17, 15) is 9.59 Å². The third kappa shape index (κ3) is 5.99. The Morgan fingerprint density at radius 2 is 2.14 bits per heavy atom. The number of carboxylic acids is 1. The standard InChI is InChI=1S/C10H14O4/c1-3-9(11)14-7-5-4-6-8(2)10(12)13/h3,6H,1,4-5,7H2,2H3,(H,12,13). The second kappa shape index (κ2) is 6.88. The van der Waals surface area contributed by atoms with E-state index >= 15 is 0 Å². The van der Waals surface area contributed by atoms with Crippen molar-refractivity contribution < 1.29 is 19.4 Å². The fourth-order valence-corrected chi connectivity index (χ4v) is 0.721. The van der Waals surface area contributed by atoms with E-state index in [1.807, 2.05) is 0 Å². The molecule has 0 heterocycles. The summed E-state index contributed by atoms with van der Waals surface area (Å²) in [6.07, 6.45) is 3.90. The first-order chi connectivity index (χ1) is 6.57. The van der Waals surface area contributed by atoms with E-state index in [-0.39, 0.29) is 6.61 Å². The first-order valence-corrected chi connectivity index (χ1v) is 4.27. The summed E-state index contributed by atoms with van der Waals surface area (Å²) < 4.78 is 4.70. The summed E-state index contributed by atoms with van der Waals surface area (Å²) in [5.74, 6) is -1.38. The summed E-state index contributed by atoms with van der Waals surface area (Å²) in [4.78, 5) is 20.9. The molecular weight excluding hydrogens is 184 g/mol. The Morgan fingerprint density at radius 1 is 1.50 bits per heavy atom. The normalized spacial score (nSPS) is 10.8. The summed E-state index contributed by atoms with van der Waals surface area (Å²) in [6, 6.07) is 0. The largest absolute Gasteiger partial charge is 0.478 e. The molecular formula is C10H14O4. The van der Waals surface area contributed by atoms with Crippen molar-refractivity contribution >= 4 is 11.9 Å².